The number of benzene rings is 1. The van der Waals surface area contributed by atoms with Crippen LogP contribution >= 0.6 is 0 Å². The van der Waals surface area contributed by atoms with Crippen LogP contribution in [-0.4, -0.2) is 41.8 Å². The second-order valence-corrected chi connectivity index (χ2v) is 7.19. The van der Waals surface area contributed by atoms with E-state index in [-0.39, 0.29) is 12.1 Å². The van der Waals surface area contributed by atoms with Crippen molar-refractivity contribution < 1.29 is 9.53 Å². The molecule has 0 saturated heterocycles. The summed E-state index contributed by atoms with van der Waals surface area (Å²) in [6.07, 6.45) is 0.632. The van der Waals surface area contributed by atoms with Crippen molar-refractivity contribution in [3.63, 3.8) is 0 Å². The van der Waals surface area contributed by atoms with Gasteiger partial charge in [0.1, 0.15) is 5.60 Å². The zero-order chi connectivity index (χ0) is 18.2. The Morgan fingerprint density at radius 3 is 2.42 bits per heavy atom. The summed E-state index contributed by atoms with van der Waals surface area (Å²) in [4.78, 5) is 14.4. The molecule has 5 heteroatoms. The monoisotopic (exact) mass is 335 g/mol. The average molecular weight is 335 g/mol. The zero-order valence-corrected chi connectivity index (χ0v) is 15.7. The van der Waals surface area contributed by atoms with Crippen molar-refractivity contribution in [1.29, 1.82) is 0 Å². The van der Waals surface area contributed by atoms with E-state index in [0.717, 1.165) is 19.5 Å². The maximum Gasteiger partial charge on any atom is 0.407 e. The van der Waals surface area contributed by atoms with Crippen molar-refractivity contribution in [3.8, 4) is 0 Å². The highest BCUT2D eigenvalue weighted by Gasteiger charge is 2.26. The minimum Gasteiger partial charge on any atom is -0.444 e. The van der Waals surface area contributed by atoms with Crippen LogP contribution < -0.4 is 11.1 Å². The maximum absolute atomic E-state index is 12.0. The van der Waals surface area contributed by atoms with Gasteiger partial charge >= 0.3 is 6.09 Å². The van der Waals surface area contributed by atoms with E-state index in [0.29, 0.717) is 6.54 Å². The van der Waals surface area contributed by atoms with E-state index >= 15 is 0 Å². The van der Waals surface area contributed by atoms with Crippen LogP contribution in [0.4, 0.5) is 4.79 Å². The summed E-state index contributed by atoms with van der Waals surface area (Å²) >= 11 is 0. The summed E-state index contributed by atoms with van der Waals surface area (Å²) in [5.74, 6) is 0. The van der Waals surface area contributed by atoms with Gasteiger partial charge in [0.25, 0.3) is 0 Å². The molecule has 136 valence electrons. The molecule has 1 aromatic carbocycles. The van der Waals surface area contributed by atoms with Gasteiger partial charge in [-0.15, -0.1) is 0 Å². The molecule has 0 aliphatic carbocycles. The molecule has 1 amide bonds. The van der Waals surface area contributed by atoms with E-state index in [1.54, 1.807) is 0 Å². The van der Waals surface area contributed by atoms with E-state index in [1.165, 1.54) is 5.56 Å². The first-order valence-corrected chi connectivity index (χ1v) is 8.74. The molecule has 5 nitrogen and oxygen atoms in total. The minimum atomic E-state index is -0.505. The second kappa shape index (κ2) is 9.64. The van der Waals surface area contributed by atoms with Crippen LogP contribution in [0.1, 0.15) is 46.6 Å². The largest absolute Gasteiger partial charge is 0.444 e. The zero-order valence-electron chi connectivity index (χ0n) is 15.7. The Kier molecular flexibility index (Phi) is 8.22. The fraction of sp³-hybridized carbons (Fsp3) is 0.632. The number of rotatable bonds is 8. The number of ether oxygens (including phenoxy) is 1. The summed E-state index contributed by atoms with van der Waals surface area (Å²) in [7, 11) is 0. The predicted octanol–water partition coefficient (Wildman–Crippen LogP) is 3.14. The van der Waals surface area contributed by atoms with Crippen LogP contribution in [0.25, 0.3) is 0 Å². The van der Waals surface area contributed by atoms with Crippen molar-refractivity contribution >= 4 is 6.09 Å². The lowest BCUT2D eigenvalue weighted by Gasteiger charge is -2.35. The smallest absolute Gasteiger partial charge is 0.407 e. The number of carbonyl (C=O) groups excluding carboxylic acids is 1. The van der Waals surface area contributed by atoms with Crippen molar-refractivity contribution in [2.45, 2.75) is 65.3 Å². The van der Waals surface area contributed by atoms with Crippen LogP contribution in [0.15, 0.2) is 30.3 Å². The third kappa shape index (κ3) is 7.32. The highest BCUT2D eigenvalue weighted by Crippen LogP contribution is 2.13. The highest BCUT2D eigenvalue weighted by molar-refractivity contribution is 5.68. The van der Waals surface area contributed by atoms with Crippen LogP contribution in [0.3, 0.4) is 0 Å². The molecule has 3 N–H and O–H groups in total. The molecule has 0 bridgehead atoms. The first kappa shape index (κ1) is 20.5. The Labute approximate surface area is 146 Å². The molecule has 2 atom stereocenters. The summed E-state index contributed by atoms with van der Waals surface area (Å²) in [5, 5.41) is 2.93. The van der Waals surface area contributed by atoms with Crippen molar-refractivity contribution in [1.82, 2.24) is 10.2 Å². The molecule has 0 heterocycles. The molecule has 1 aromatic rings. The van der Waals surface area contributed by atoms with E-state index in [9.17, 15) is 4.79 Å². The number of hydrogen-bond acceptors (Lipinski definition) is 4. The van der Waals surface area contributed by atoms with Crippen LogP contribution in [0, 0.1) is 0 Å². The molecular weight excluding hydrogens is 302 g/mol. The van der Waals surface area contributed by atoms with Crippen molar-refractivity contribution in [2.24, 2.45) is 5.73 Å². The molecule has 0 aliphatic heterocycles. The van der Waals surface area contributed by atoms with Gasteiger partial charge in [-0.25, -0.2) is 4.79 Å². The Hall–Kier alpha value is -1.59. The van der Waals surface area contributed by atoms with Gasteiger partial charge in [-0.3, -0.25) is 4.90 Å². The molecule has 0 fully saturated rings. The molecule has 2 unspecified atom stereocenters. The van der Waals surface area contributed by atoms with Gasteiger partial charge in [-0.2, -0.15) is 0 Å². The van der Waals surface area contributed by atoms with Gasteiger partial charge in [-0.05, 0) is 46.2 Å². The van der Waals surface area contributed by atoms with Crippen molar-refractivity contribution in [3.05, 3.63) is 35.9 Å². The highest BCUT2D eigenvalue weighted by atomic mass is 16.6. The normalized spacial score (nSPS) is 14.3. The Morgan fingerprint density at radius 2 is 1.92 bits per heavy atom. The molecule has 24 heavy (non-hydrogen) atoms. The maximum atomic E-state index is 12.0. The third-order valence-electron chi connectivity index (χ3n) is 3.77. The quantitative estimate of drug-likeness (QED) is 0.766. The Morgan fingerprint density at radius 1 is 1.29 bits per heavy atom. The average Bonchev–Trinajstić information content (AvgIpc) is 2.47. The van der Waals surface area contributed by atoms with Crippen LogP contribution in [0.5, 0.6) is 0 Å². The van der Waals surface area contributed by atoms with E-state index in [4.69, 9.17) is 10.5 Å². The first-order chi connectivity index (χ1) is 11.3. The van der Waals surface area contributed by atoms with E-state index < -0.39 is 11.7 Å². The van der Waals surface area contributed by atoms with E-state index in [1.807, 2.05) is 45.9 Å². The van der Waals surface area contributed by atoms with E-state index in [2.05, 4.69) is 29.3 Å². The number of amides is 1. The number of hydrogen-bond donors (Lipinski definition) is 2. The summed E-state index contributed by atoms with van der Waals surface area (Å²) in [5.41, 5.74) is 6.77. The first-order valence-electron chi connectivity index (χ1n) is 8.74. The molecule has 0 spiro atoms. The lowest BCUT2D eigenvalue weighted by Crippen LogP contribution is -2.54. The lowest BCUT2D eigenvalue weighted by molar-refractivity contribution is 0.0466. The Bertz CT molecular complexity index is 485. The van der Waals surface area contributed by atoms with Gasteiger partial charge in [0.15, 0.2) is 0 Å². The number of alkyl carbamates (subject to hydrolysis) is 1. The summed E-state index contributed by atoms with van der Waals surface area (Å²) in [6.45, 7) is 11.9. The van der Waals surface area contributed by atoms with Gasteiger partial charge in [0.2, 0.25) is 0 Å². The molecule has 0 aromatic heterocycles. The van der Waals surface area contributed by atoms with Crippen molar-refractivity contribution in [2.75, 3.05) is 13.1 Å². The topological polar surface area (TPSA) is 67.6 Å². The fourth-order valence-corrected chi connectivity index (χ4v) is 2.73. The molecule has 0 saturated carbocycles. The fourth-order valence-electron chi connectivity index (χ4n) is 2.73. The SMILES string of the molecule is CCCN(Cc1ccccc1)C(CN)C(C)NC(=O)OC(C)(C)C. The summed E-state index contributed by atoms with van der Waals surface area (Å²) in [6, 6.07) is 10.3. The number of carbonyl (C=O) groups is 1. The molecule has 0 aliphatic rings. The van der Waals surface area contributed by atoms with Gasteiger partial charge in [0.05, 0.1) is 0 Å². The number of nitrogens with two attached hydrogens (primary N) is 1. The third-order valence-corrected chi connectivity index (χ3v) is 3.77. The standard InChI is InChI=1S/C19H33N3O2/c1-6-12-22(14-16-10-8-7-9-11-16)17(13-20)15(2)21-18(23)24-19(3,4)5/h7-11,15,17H,6,12-14,20H2,1-5H3,(H,21,23). The van der Waals surface area contributed by atoms with Crippen LogP contribution in [0.2, 0.25) is 0 Å². The number of nitrogens with zero attached hydrogens (tertiary/aromatic N) is 1. The molecule has 0 radical (unpaired) electrons. The van der Waals surface area contributed by atoms with Gasteiger partial charge in [0, 0.05) is 25.2 Å². The number of nitrogens with one attached hydrogen (secondary N) is 1. The van der Waals surface area contributed by atoms with Gasteiger partial charge < -0.3 is 15.8 Å². The minimum absolute atomic E-state index is 0.0534. The molecule has 1 rings (SSSR count). The van der Waals surface area contributed by atoms with Gasteiger partial charge in [-0.1, -0.05) is 37.3 Å². The van der Waals surface area contributed by atoms with Crippen LogP contribution in [-0.2, 0) is 11.3 Å². The Balaban J connectivity index is 2.75. The molecular formula is C19H33N3O2. The lowest BCUT2D eigenvalue weighted by atomic mass is 10.1. The second-order valence-electron chi connectivity index (χ2n) is 7.19. The predicted molar refractivity (Wildman–Crippen MR) is 98.8 cm³/mol. The summed E-state index contributed by atoms with van der Waals surface area (Å²) < 4.78 is 5.35.